The second-order valence-corrected chi connectivity index (χ2v) is 10.1. The molecule has 0 saturated carbocycles. The van der Waals surface area contributed by atoms with E-state index in [1.165, 1.54) is 0 Å². The van der Waals surface area contributed by atoms with E-state index >= 15 is 0 Å². The first-order valence-electron chi connectivity index (χ1n) is 11.1. The first kappa shape index (κ1) is 21.0. The van der Waals surface area contributed by atoms with Crippen LogP contribution in [0.2, 0.25) is 0 Å². The van der Waals surface area contributed by atoms with E-state index in [9.17, 15) is 10.1 Å². The Hall–Kier alpha value is -3.61. The number of carbonyl (C=O) groups is 1. The highest BCUT2D eigenvalue weighted by atomic mass is 32.2. The highest BCUT2D eigenvalue weighted by Crippen LogP contribution is 2.43. The molecule has 8 nitrogen and oxygen atoms in total. The van der Waals surface area contributed by atoms with Gasteiger partial charge in [-0.1, -0.05) is 30.0 Å². The van der Waals surface area contributed by atoms with Crippen LogP contribution in [0.25, 0.3) is 21.5 Å². The molecule has 34 heavy (non-hydrogen) atoms. The number of carbonyl (C=O) groups excluding carboxylic acids is 1. The molecule has 1 atom stereocenters. The minimum atomic E-state index is -0.331. The van der Waals surface area contributed by atoms with Crippen LogP contribution >= 0.6 is 11.8 Å². The summed E-state index contributed by atoms with van der Waals surface area (Å²) in [4.78, 5) is 24.5. The molecule has 2 aromatic carbocycles. The van der Waals surface area contributed by atoms with E-state index in [4.69, 9.17) is 4.74 Å². The monoisotopic (exact) mass is 470 g/mol. The third-order valence-corrected chi connectivity index (χ3v) is 7.54. The van der Waals surface area contributed by atoms with Crippen molar-refractivity contribution in [2.24, 2.45) is 5.41 Å². The number of thioether (sulfide) groups is 1. The van der Waals surface area contributed by atoms with Crippen molar-refractivity contribution in [2.75, 3.05) is 26.3 Å². The molecule has 0 radical (unpaired) electrons. The number of benzene rings is 2. The van der Waals surface area contributed by atoms with Crippen LogP contribution in [0.4, 0.5) is 4.79 Å². The number of rotatable bonds is 3. The minimum absolute atomic E-state index is 0.0868. The Bertz CT molecular complexity index is 1390. The molecule has 3 aromatic rings. The Labute approximate surface area is 201 Å². The average Bonchev–Trinajstić information content (AvgIpc) is 3.20. The van der Waals surface area contributed by atoms with Crippen LogP contribution in [0.5, 0.6) is 0 Å². The number of aromatic nitrogens is 2. The lowest BCUT2D eigenvalue weighted by Gasteiger charge is -2.54. The number of aryl methyl sites for hydroxylation is 1. The van der Waals surface area contributed by atoms with Crippen LogP contribution in [0.1, 0.15) is 22.5 Å². The normalized spacial score (nSPS) is 20.5. The molecule has 1 aromatic heterocycles. The third kappa shape index (κ3) is 3.65. The number of likely N-dealkylation sites (tertiary alicyclic amines) is 1. The Morgan fingerprint density at radius 1 is 1.26 bits per heavy atom. The molecule has 2 amide bonds. The molecule has 1 spiro atoms. The SMILES string of the molecule is Cc1ncc2cc(C3=C(c4cccc(C#N)c4)NC(NC(=O)N4CC5(COC5)C4)S3)ccc2n1. The van der Waals surface area contributed by atoms with Gasteiger partial charge in [0, 0.05) is 35.1 Å². The maximum atomic E-state index is 12.8. The molecule has 0 bridgehead atoms. The molecule has 1 unspecified atom stereocenters. The maximum Gasteiger partial charge on any atom is 0.319 e. The van der Waals surface area contributed by atoms with E-state index in [0.717, 1.165) is 64.8 Å². The number of amides is 2. The summed E-state index contributed by atoms with van der Waals surface area (Å²) in [6, 6.07) is 15.7. The van der Waals surface area contributed by atoms with Gasteiger partial charge in [0.1, 0.15) is 5.82 Å². The molecule has 3 aliphatic rings. The fourth-order valence-electron chi connectivity index (χ4n) is 4.59. The van der Waals surface area contributed by atoms with Crippen LogP contribution in [-0.2, 0) is 4.74 Å². The van der Waals surface area contributed by atoms with Gasteiger partial charge in [-0.25, -0.2) is 14.8 Å². The Kier molecular flexibility index (Phi) is 4.94. The quantitative estimate of drug-likeness (QED) is 0.605. The number of hydrogen-bond acceptors (Lipinski definition) is 7. The number of hydrogen-bond donors (Lipinski definition) is 2. The second kappa shape index (κ2) is 8.01. The predicted octanol–water partition coefficient (Wildman–Crippen LogP) is 3.30. The summed E-state index contributed by atoms with van der Waals surface area (Å²) in [7, 11) is 0. The molecular formula is C25H22N6O2S. The van der Waals surface area contributed by atoms with Gasteiger partial charge < -0.3 is 20.3 Å². The molecule has 6 rings (SSSR count). The molecule has 4 heterocycles. The summed E-state index contributed by atoms with van der Waals surface area (Å²) in [5, 5.41) is 16.9. The number of nitrogens with one attached hydrogen (secondary N) is 2. The molecule has 3 aliphatic heterocycles. The molecule has 9 heteroatoms. The molecule has 2 fully saturated rings. The van der Waals surface area contributed by atoms with Crippen LogP contribution in [0, 0.1) is 23.7 Å². The van der Waals surface area contributed by atoms with Gasteiger partial charge in [0.05, 0.1) is 41.5 Å². The van der Waals surface area contributed by atoms with Gasteiger partial charge in [-0.3, -0.25) is 0 Å². The zero-order valence-electron chi connectivity index (χ0n) is 18.5. The second-order valence-electron chi connectivity index (χ2n) is 9.03. The first-order valence-corrected chi connectivity index (χ1v) is 11.9. The van der Waals surface area contributed by atoms with Crippen molar-refractivity contribution in [1.29, 1.82) is 5.26 Å². The number of ether oxygens (including phenoxy) is 1. The van der Waals surface area contributed by atoms with E-state index < -0.39 is 0 Å². The summed E-state index contributed by atoms with van der Waals surface area (Å²) in [5.74, 6) is 0.731. The summed E-state index contributed by atoms with van der Waals surface area (Å²) < 4.78 is 5.31. The van der Waals surface area contributed by atoms with E-state index in [2.05, 4.69) is 32.7 Å². The highest BCUT2D eigenvalue weighted by Gasteiger charge is 2.51. The smallest absolute Gasteiger partial charge is 0.319 e. The molecule has 2 N–H and O–H groups in total. The fraction of sp³-hybridized carbons (Fsp3) is 0.280. The standard InChI is InChI=1S/C25H22N6O2S/c1-15-27-10-19-8-18(5-6-20(19)28-15)22-21(17-4-2-3-16(7-17)9-26)29-23(34-22)30-24(32)31-11-25(12-31)13-33-14-25/h2-8,10,23,29H,11-14H2,1H3,(H,30,32). The predicted molar refractivity (Wildman–Crippen MR) is 130 cm³/mol. The topological polar surface area (TPSA) is 103 Å². The summed E-state index contributed by atoms with van der Waals surface area (Å²) in [6.07, 6.45) is 1.83. The Morgan fingerprint density at radius 3 is 2.88 bits per heavy atom. The van der Waals surface area contributed by atoms with Crippen LogP contribution in [-0.4, -0.2) is 52.7 Å². The number of nitrogens with zero attached hydrogens (tertiary/aromatic N) is 4. The van der Waals surface area contributed by atoms with Gasteiger partial charge in [-0.2, -0.15) is 5.26 Å². The zero-order chi connectivity index (χ0) is 23.3. The number of fused-ring (bicyclic) bond motifs is 1. The van der Waals surface area contributed by atoms with E-state index in [-0.39, 0.29) is 16.9 Å². The van der Waals surface area contributed by atoms with Crippen LogP contribution in [0.15, 0.2) is 48.7 Å². The van der Waals surface area contributed by atoms with Gasteiger partial charge in [-0.15, -0.1) is 0 Å². The van der Waals surface area contributed by atoms with Crippen molar-refractivity contribution >= 4 is 39.3 Å². The Balaban J connectivity index is 1.29. The summed E-state index contributed by atoms with van der Waals surface area (Å²) in [6.45, 7) is 4.82. The molecule has 170 valence electrons. The number of urea groups is 1. The summed E-state index contributed by atoms with van der Waals surface area (Å²) in [5.41, 5.74) is 4.09. The molecule has 2 saturated heterocycles. The van der Waals surface area contributed by atoms with E-state index in [1.54, 1.807) is 17.8 Å². The van der Waals surface area contributed by atoms with Gasteiger partial charge in [0.25, 0.3) is 0 Å². The lowest BCUT2D eigenvalue weighted by Crippen LogP contribution is -2.69. The van der Waals surface area contributed by atoms with Crippen molar-refractivity contribution in [2.45, 2.75) is 12.4 Å². The maximum absolute atomic E-state index is 12.8. The van der Waals surface area contributed by atoms with Crippen molar-refractivity contribution in [1.82, 2.24) is 25.5 Å². The zero-order valence-corrected chi connectivity index (χ0v) is 19.4. The van der Waals surface area contributed by atoms with E-state index in [0.29, 0.717) is 5.56 Å². The average molecular weight is 471 g/mol. The largest absolute Gasteiger partial charge is 0.380 e. The van der Waals surface area contributed by atoms with Crippen molar-refractivity contribution in [3.63, 3.8) is 0 Å². The highest BCUT2D eigenvalue weighted by molar-refractivity contribution is 8.09. The Morgan fingerprint density at radius 2 is 2.12 bits per heavy atom. The van der Waals surface area contributed by atoms with Gasteiger partial charge >= 0.3 is 6.03 Å². The van der Waals surface area contributed by atoms with E-state index in [1.807, 2.05) is 48.4 Å². The lowest BCUT2D eigenvalue weighted by atomic mass is 9.78. The first-order chi connectivity index (χ1) is 16.5. The van der Waals surface area contributed by atoms with Gasteiger partial charge in [0.15, 0.2) is 5.50 Å². The van der Waals surface area contributed by atoms with Crippen LogP contribution in [0.3, 0.4) is 0 Å². The van der Waals surface area contributed by atoms with Crippen molar-refractivity contribution < 1.29 is 9.53 Å². The lowest BCUT2D eigenvalue weighted by molar-refractivity contribution is -0.175. The third-order valence-electron chi connectivity index (χ3n) is 6.39. The fourth-order valence-corrected chi connectivity index (χ4v) is 5.72. The van der Waals surface area contributed by atoms with Crippen molar-refractivity contribution in [3.05, 3.63) is 71.2 Å². The summed E-state index contributed by atoms with van der Waals surface area (Å²) >= 11 is 1.55. The molecule has 0 aliphatic carbocycles. The number of nitriles is 1. The van der Waals surface area contributed by atoms with Crippen LogP contribution < -0.4 is 10.6 Å². The molecular weight excluding hydrogens is 448 g/mol. The minimum Gasteiger partial charge on any atom is -0.380 e. The van der Waals surface area contributed by atoms with Crippen molar-refractivity contribution in [3.8, 4) is 6.07 Å². The van der Waals surface area contributed by atoms with Gasteiger partial charge in [0.2, 0.25) is 0 Å². The van der Waals surface area contributed by atoms with Gasteiger partial charge in [-0.05, 0) is 36.8 Å².